The van der Waals surface area contributed by atoms with Crippen molar-refractivity contribution in [2.75, 3.05) is 13.6 Å². The quantitative estimate of drug-likeness (QED) is 0.843. The Hall–Kier alpha value is -0.940. The molecule has 0 aliphatic carbocycles. The summed E-state index contributed by atoms with van der Waals surface area (Å²) in [6.07, 6.45) is 3.28. The van der Waals surface area contributed by atoms with E-state index in [-0.39, 0.29) is 5.91 Å². The Kier molecular flexibility index (Phi) is 5.58. The van der Waals surface area contributed by atoms with Crippen molar-refractivity contribution in [2.24, 2.45) is 11.7 Å². The molecule has 4 nitrogen and oxygen atoms in total. The first kappa shape index (κ1) is 14.1. The summed E-state index contributed by atoms with van der Waals surface area (Å²) in [5, 5.41) is 1.04. The number of carbonyl (C=O) groups is 1. The van der Waals surface area contributed by atoms with Crippen molar-refractivity contribution >= 4 is 17.2 Å². The first-order valence-corrected chi connectivity index (χ1v) is 6.70. The zero-order valence-electron chi connectivity index (χ0n) is 10.8. The summed E-state index contributed by atoms with van der Waals surface area (Å²) in [6.45, 7) is 5.34. The summed E-state index contributed by atoms with van der Waals surface area (Å²) in [6, 6.07) is 0. The van der Waals surface area contributed by atoms with Crippen LogP contribution >= 0.6 is 11.3 Å². The van der Waals surface area contributed by atoms with Gasteiger partial charge in [-0.3, -0.25) is 4.79 Å². The van der Waals surface area contributed by atoms with Crippen molar-refractivity contribution in [1.29, 1.82) is 0 Å². The highest BCUT2D eigenvalue weighted by Gasteiger charge is 2.11. The summed E-state index contributed by atoms with van der Waals surface area (Å²) in [4.78, 5) is 18.9. The van der Waals surface area contributed by atoms with Gasteiger partial charge in [-0.1, -0.05) is 6.92 Å². The fraction of sp³-hybridized carbons (Fsp3) is 0.667. The molecule has 0 aliphatic heterocycles. The molecule has 0 aliphatic rings. The Morgan fingerprint density at radius 3 is 2.88 bits per heavy atom. The summed E-state index contributed by atoms with van der Waals surface area (Å²) in [5.41, 5.74) is 5.53. The van der Waals surface area contributed by atoms with Crippen LogP contribution in [0.4, 0.5) is 0 Å². The molecule has 1 aromatic rings. The van der Waals surface area contributed by atoms with E-state index in [1.807, 2.05) is 20.2 Å². The largest absolute Gasteiger partial charge is 0.341 e. The van der Waals surface area contributed by atoms with E-state index >= 15 is 0 Å². The molecule has 0 saturated heterocycles. The molecule has 1 amide bonds. The smallest absolute Gasteiger partial charge is 0.222 e. The average Bonchev–Trinajstić information content (AvgIpc) is 2.70. The minimum atomic E-state index is 0.177. The lowest BCUT2D eigenvalue weighted by molar-refractivity contribution is -0.130. The Morgan fingerprint density at radius 1 is 1.65 bits per heavy atom. The van der Waals surface area contributed by atoms with Gasteiger partial charge in [-0.05, 0) is 25.8 Å². The van der Waals surface area contributed by atoms with E-state index in [1.54, 1.807) is 16.2 Å². The Morgan fingerprint density at radius 2 is 2.35 bits per heavy atom. The summed E-state index contributed by atoms with van der Waals surface area (Å²) < 4.78 is 0. The van der Waals surface area contributed by atoms with Crippen LogP contribution < -0.4 is 5.73 Å². The molecular weight excluding hydrogens is 234 g/mol. The molecule has 1 atom stereocenters. The molecule has 0 bridgehead atoms. The summed E-state index contributed by atoms with van der Waals surface area (Å²) in [5.74, 6) is 0.592. The third kappa shape index (κ3) is 4.83. The monoisotopic (exact) mass is 255 g/mol. The topological polar surface area (TPSA) is 59.2 Å². The maximum atomic E-state index is 11.8. The lowest BCUT2D eigenvalue weighted by atomic mass is 10.1. The second-order valence-corrected chi connectivity index (χ2v) is 5.79. The van der Waals surface area contributed by atoms with Crippen molar-refractivity contribution in [3.63, 3.8) is 0 Å². The van der Waals surface area contributed by atoms with E-state index in [2.05, 4.69) is 11.9 Å². The Balaban J connectivity index is 2.36. The van der Waals surface area contributed by atoms with Crippen molar-refractivity contribution in [3.8, 4) is 0 Å². The molecule has 0 saturated carbocycles. The highest BCUT2D eigenvalue weighted by Crippen LogP contribution is 2.14. The van der Waals surface area contributed by atoms with Crippen LogP contribution in [-0.2, 0) is 11.3 Å². The van der Waals surface area contributed by atoms with Gasteiger partial charge in [0.2, 0.25) is 5.91 Å². The van der Waals surface area contributed by atoms with Gasteiger partial charge in [-0.15, -0.1) is 11.3 Å². The van der Waals surface area contributed by atoms with Crippen molar-refractivity contribution < 1.29 is 4.79 Å². The first-order chi connectivity index (χ1) is 8.02. The van der Waals surface area contributed by atoms with E-state index in [9.17, 15) is 4.79 Å². The minimum Gasteiger partial charge on any atom is -0.341 e. The zero-order chi connectivity index (χ0) is 12.8. The minimum absolute atomic E-state index is 0.177. The van der Waals surface area contributed by atoms with Crippen LogP contribution in [0, 0.1) is 12.8 Å². The van der Waals surface area contributed by atoms with Crippen molar-refractivity contribution in [2.45, 2.75) is 33.2 Å². The van der Waals surface area contributed by atoms with E-state index in [4.69, 9.17) is 5.73 Å². The maximum Gasteiger partial charge on any atom is 0.222 e. The molecule has 1 aromatic heterocycles. The maximum absolute atomic E-state index is 11.8. The van der Waals surface area contributed by atoms with Crippen LogP contribution in [0.1, 0.15) is 29.7 Å². The molecule has 0 fully saturated rings. The summed E-state index contributed by atoms with van der Waals surface area (Å²) in [7, 11) is 1.84. The molecule has 1 heterocycles. The van der Waals surface area contributed by atoms with E-state index < -0.39 is 0 Å². The third-order valence-electron chi connectivity index (χ3n) is 2.74. The normalized spacial score (nSPS) is 12.5. The highest BCUT2D eigenvalue weighted by atomic mass is 32.1. The van der Waals surface area contributed by atoms with Gasteiger partial charge in [0, 0.05) is 24.5 Å². The van der Waals surface area contributed by atoms with Gasteiger partial charge in [-0.25, -0.2) is 4.98 Å². The number of hydrogen-bond acceptors (Lipinski definition) is 4. The SMILES string of the molecule is Cc1ncc(CN(C)C(=O)CCC(C)CN)s1. The highest BCUT2D eigenvalue weighted by molar-refractivity contribution is 7.11. The average molecular weight is 255 g/mol. The van der Waals surface area contributed by atoms with E-state index in [0.717, 1.165) is 16.3 Å². The number of rotatable bonds is 6. The number of carbonyl (C=O) groups excluding carboxylic acids is 1. The molecule has 1 unspecified atom stereocenters. The molecule has 1 rings (SSSR count). The molecule has 17 heavy (non-hydrogen) atoms. The van der Waals surface area contributed by atoms with Gasteiger partial charge in [0.15, 0.2) is 0 Å². The van der Waals surface area contributed by atoms with Gasteiger partial charge < -0.3 is 10.6 Å². The number of thiazole rings is 1. The summed E-state index contributed by atoms with van der Waals surface area (Å²) >= 11 is 1.64. The fourth-order valence-corrected chi connectivity index (χ4v) is 2.33. The lowest BCUT2D eigenvalue weighted by Crippen LogP contribution is -2.26. The number of aromatic nitrogens is 1. The van der Waals surface area contributed by atoms with Crippen LogP contribution in [0.5, 0.6) is 0 Å². The van der Waals surface area contributed by atoms with Gasteiger partial charge in [0.05, 0.1) is 11.6 Å². The van der Waals surface area contributed by atoms with Gasteiger partial charge in [-0.2, -0.15) is 0 Å². The predicted molar refractivity (Wildman–Crippen MR) is 70.8 cm³/mol. The number of nitrogens with two attached hydrogens (primary N) is 1. The van der Waals surface area contributed by atoms with Crippen molar-refractivity contribution in [1.82, 2.24) is 9.88 Å². The number of amides is 1. The van der Waals surface area contributed by atoms with Crippen LogP contribution in [-0.4, -0.2) is 29.4 Å². The Bertz CT molecular complexity index is 364. The molecule has 0 spiro atoms. The van der Waals surface area contributed by atoms with Crippen molar-refractivity contribution in [3.05, 3.63) is 16.1 Å². The van der Waals surface area contributed by atoms with Gasteiger partial charge in [0.25, 0.3) is 0 Å². The van der Waals surface area contributed by atoms with Crippen LogP contribution in [0.15, 0.2) is 6.20 Å². The van der Waals surface area contributed by atoms with E-state index in [0.29, 0.717) is 25.4 Å². The Labute approximate surface area is 107 Å². The molecule has 0 aromatic carbocycles. The van der Waals surface area contributed by atoms with Crippen LogP contribution in [0.2, 0.25) is 0 Å². The lowest BCUT2D eigenvalue weighted by Gasteiger charge is -2.17. The van der Waals surface area contributed by atoms with Crippen LogP contribution in [0.3, 0.4) is 0 Å². The standard InChI is InChI=1S/C12H21N3OS/c1-9(6-13)4-5-12(16)15(3)8-11-7-14-10(2)17-11/h7,9H,4-6,8,13H2,1-3H3. The molecule has 2 N–H and O–H groups in total. The zero-order valence-corrected chi connectivity index (χ0v) is 11.6. The van der Waals surface area contributed by atoms with E-state index in [1.165, 1.54) is 0 Å². The fourth-order valence-electron chi connectivity index (χ4n) is 1.48. The number of nitrogens with zero attached hydrogens (tertiary/aromatic N) is 2. The third-order valence-corrected chi connectivity index (χ3v) is 3.64. The molecular formula is C12H21N3OS. The second-order valence-electron chi connectivity index (χ2n) is 4.47. The van der Waals surface area contributed by atoms with Gasteiger partial charge >= 0.3 is 0 Å². The second kappa shape index (κ2) is 6.71. The number of aryl methyl sites for hydroxylation is 1. The number of hydrogen-bond donors (Lipinski definition) is 1. The van der Waals surface area contributed by atoms with Gasteiger partial charge in [0.1, 0.15) is 0 Å². The first-order valence-electron chi connectivity index (χ1n) is 5.88. The molecule has 96 valence electrons. The molecule has 5 heteroatoms. The predicted octanol–water partition coefficient (Wildman–Crippen LogP) is 1.78. The molecule has 0 radical (unpaired) electrons. The van der Waals surface area contributed by atoms with Crippen LogP contribution in [0.25, 0.3) is 0 Å².